The van der Waals surface area contributed by atoms with Gasteiger partial charge in [-0.15, -0.1) is 0 Å². The summed E-state index contributed by atoms with van der Waals surface area (Å²) in [5, 5.41) is 2.61. The summed E-state index contributed by atoms with van der Waals surface area (Å²) in [6.45, 7) is 3.24. The average molecular weight is 214 g/mol. The van der Waals surface area contributed by atoms with Crippen LogP contribution in [-0.2, 0) is 14.3 Å². The standard InChI is InChI=1S/C10H18N2O3/c1-8-10(14)12(7-9(13)11-8)5-3-4-6-15-2/h8H,3-7H2,1-2H3,(H,11,13). The molecule has 5 nitrogen and oxygen atoms in total. The molecule has 1 rings (SSSR count). The van der Waals surface area contributed by atoms with Gasteiger partial charge < -0.3 is 15.0 Å². The third kappa shape index (κ3) is 3.51. The highest BCUT2D eigenvalue weighted by Crippen LogP contribution is 2.04. The first-order valence-corrected chi connectivity index (χ1v) is 5.22. The zero-order valence-electron chi connectivity index (χ0n) is 9.28. The van der Waals surface area contributed by atoms with E-state index in [2.05, 4.69) is 5.32 Å². The van der Waals surface area contributed by atoms with Crippen LogP contribution in [0.25, 0.3) is 0 Å². The van der Waals surface area contributed by atoms with Gasteiger partial charge >= 0.3 is 0 Å². The largest absolute Gasteiger partial charge is 0.385 e. The molecule has 1 saturated heterocycles. The van der Waals surface area contributed by atoms with Crippen molar-refractivity contribution < 1.29 is 14.3 Å². The molecule has 0 bridgehead atoms. The molecule has 0 saturated carbocycles. The predicted octanol–water partition coefficient (Wildman–Crippen LogP) is -0.240. The van der Waals surface area contributed by atoms with Crippen molar-refractivity contribution in [2.75, 3.05) is 26.8 Å². The lowest BCUT2D eigenvalue weighted by molar-refractivity contribution is -0.143. The average Bonchev–Trinajstić information content (AvgIpc) is 2.19. The fourth-order valence-electron chi connectivity index (χ4n) is 1.61. The van der Waals surface area contributed by atoms with Crippen LogP contribution in [0.2, 0.25) is 0 Å². The molecule has 86 valence electrons. The Balaban J connectivity index is 2.32. The van der Waals surface area contributed by atoms with Crippen molar-refractivity contribution in [1.82, 2.24) is 10.2 Å². The van der Waals surface area contributed by atoms with Gasteiger partial charge in [-0.05, 0) is 19.8 Å². The summed E-state index contributed by atoms with van der Waals surface area (Å²) < 4.78 is 4.92. The maximum atomic E-state index is 11.6. The van der Waals surface area contributed by atoms with Crippen molar-refractivity contribution in [3.63, 3.8) is 0 Å². The summed E-state index contributed by atoms with van der Waals surface area (Å²) in [6.07, 6.45) is 1.79. The fraction of sp³-hybridized carbons (Fsp3) is 0.800. The Morgan fingerprint density at radius 2 is 2.20 bits per heavy atom. The second-order valence-corrected chi connectivity index (χ2v) is 3.75. The van der Waals surface area contributed by atoms with Crippen molar-refractivity contribution in [2.24, 2.45) is 0 Å². The van der Waals surface area contributed by atoms with E-state index in [9.17, 15) is 9.59 Å². The van der Waals surface area contributed by atoms with Crippen LogP contribution in [0.3, 0.4) is 0 Å². The number of unbranched alkanes of at least 4 members (excludes halogenated alkanes) is 1. The zero-order chi connectivity index (χ0) is 11.3. The molecule has 0 radical (unpaired) electrons. The summed E-state index contributed by atoms with van der Waals surface area (Å²) in [7, 11) is 1.65. The molecule has 5 heteroatoms. The maximum absolute atomic E-state index is 11.6. The molecule has 0 aromatic carbocycles. The number of nitrogens with one attached hydrogen (secondary N) is 1. The van der Waals surface area contributed by atoms with Crippen molar-refractivity contribution in [2.45, 2.75) is 25.8 Å². The molecule has 2 amide bonds. The fourth-order valence-corrected chi connectivity index (χ4v) is 1.61. The zero-order valence-corrected chi connectivity index (χ0v) is 9.28. The summed E-state index contributed by atoms with van der Waals surface area (Å²) in [5.41, 5.74) is 0. The molecule has 1 aliphatic rings. The van der Waals surface area contributed by atoms with E-state index in [0.717, 1.165) is 12.8 Å². The van der Waals surface area contributed by atoms with Crippen LogP contribution in [-0.4, -0.2) is 49.6 Å². The number of hydrogen-bond acceptors (Lipinski definition) is 3. The lowest BCUT2D eigenvalue weighted by Crippen LogP contribution is -2.56. The number of nitrogens with zero attached hydrogens (tertiary/aromatic N) is 1. The van der Waals surface area contributed by atoms with E-state index in [1.54, 1.807) is 18.9 Å². The Hall–Kier alpha value is -1.10. The van der Waals surface area contributed by atoms with Gasteiger partial charge in [0.05, 0.1) is 6.54 Å². The number of methoxy groups -OCH3 is 1. The van der Waals surface area contributed by atoms with Crippen molar-refractivity contribution in [3.8, 4) is 0 Å². The molecular formula is C10H18N2O3. The van der Waals surface area contributed by atoms with E-state index in [4.69, 9.17) is 4.74 Å². The first kappa shape index (κ1) is 12.0. The molecule has 1 aliphatic heterocycles. The Labute approximate surface area is 89.8 Å². The third-order valence-corrected chi connectivity index (χ3v) is 2.42. The van der Waals surface area contributed by atoms with Crippen molar-refractivity contribution in [1.29, 1.82) is 0 Å². The van der Waals surface area contributed by atoms with Crippen LogP contribution in [0.4, 0.5) is 0 Å². The van der Waals surface area contributed by atoms with Crippen molar-refractivity contribution in [3.05, 3.63) is 0 Å². The van der Waals surface area contributed by atoms with Crippen molar-refractivity contribution >= 4 is 11.8 Å². The van der Waals surface area contributed by atoms with Gasteiger partial charge in [0.1, 0.15) is 6.04 Å². The molecule has 0 aromatic heterocycles. The molecule has 1 N–H and O–H groups in total. The number of rotatable bonds is 5. The monoisotopic (exact) mass is 214 g/mol. The van der Waals surface area contributed by atoms with E-state index in [1.807, 2.05) is 0 Å². The van der Waals surface area contributed by atoms with Gasteiger partial charge in [-0.25, -0.2) is 0 Å². The minimum atomic E-state index is -0.381. The Morgan fingerprint density at radius 1 is 1.47 bits per heavy atom. The van der Waals surface area contributed by atoms with E-state index in [1.165, 1.54) is 0 Å². The Morgan fingerprint density at radius 3 is 2.87 bits per heavy atom. The molecule has 0 aromatic rings. The smallest absolute Gasteiger partial charge is 0.245 e. The first-order chi connectivity index (χ1) is 7.15. The van der Waals surface area contributed by atoms with Crippen LogP contribution >= 0.6 is 0 Å². The van der Waals surface area contributed by atoms with Crippen LogP contribution in [0, 0.1) is 0 Å². The molecule has 1 heterocycles. The summed E-state index contributed by atoms with van der Waals surface area (Å²) >= 11 is 0. The molecule has 0 aliphatic carbocycles. The van der Waals surface area contributed by atoms with E-state index in [0.29, 0.717) is 13.2 Å². The number of carbonyl (C=O) groups excluding carboxylic acids is 2. The molecule has 1 unspecified atom stereocenters. The van der Waals surface area contributed by atoms with Gasteiger partial charge in [0.25, 0.3) is 0 Å². The second kappa shape index (κ2) is 5.70. The minimum Gasteiger partial charge on any atom is -0.385 e. The van der Waals surface area contributed by atoms with Crippen LogP contribution in [0.5, 0.6) is 0 Å². The number of piperazine rings is 1. The van der Waals surface area contributed by atoms with Gasteiger partial charge in [0.2, 0.25) is 11.8 Å². The molecule has 15 heavy (non-hydrogen) atoms. The Bertz CT molecular complexity index is 243. The number of amides is 2. The summed E-state index contributed by atoms with van der Waals surface area (Å²) in [5.74, 6) is -0.0686. The van der Waals surface area contributed by atoms with Crippen LogP contribution in [0.15, 0.2) is 0 Å². The number of carbonyl (C=O) groups is 2. The van der Waals surface area contributed by atoms with Crippen LogP contribution in [0.1, 0.15) is 19.8 Å². The highest BCUT2D eigenvalue weighted by molar-refractivity contribution is 5.94. The normalized spacial score (nSPS) is 21.7. The van der Waals surface area contributed by atoms with Gasteiger partial charge in [-0.2, -0.15) is 0 Å². The van der Waals surface area contributed by atoms with E-state index >= 15 is 0 Å². The minimum absolute atomic E-state index is 0.00650. The predicted molar refractivity (Wildman–Crippen MR) is 55.3 cm³/mol. The van der Waals surface area contributed by atoms with Gasteiger partial charge in [0, 0.05) is 20.3 Å². The van der Waals surface area contributed by atoms with Gasteiger partial charge in [0.15, 0.2) is 0 Å². The number of hydrogen-bond donors (Lipinski definition) is 1. The SMILES string of the molecule is COCCCCN1CC(=O)NC(C)C1=O. The first-order valence-electron chi connectivity index (χ1n) is 5.22. The van der Waals surface area contributed by atoms with E-state index in [-0.39, 0.29) is 24.4 Å². The lowest BCUT2D eigenvalue weighted by Gasteiger charge is -2.30. The summed E-state index contributed by atoms with van der Waals surface area (Å²) in [6, 6.07) is -0.381. The lowest BCUT2D eigenvalue weighted by atomic mass is 10.2. The van der Waals surface area contributed by atoms with Crippen LogP contribution < -0.4 is 5.32 Å². The molecule has 0 spiro atoms. The molecular weight excluding hydrogens is 196 g/mol. The highest BCUT2D eigenvalue weighted by atomic mass is 16.5. The third-order valence-electron chi connectivity index (χ3n) is 2.42. The van der Waals surface area contributed by atoms with Gasteiger partial charge in [-0.1, -0.05) is 0 Å². The number of ether oxygens (including phenoxy) is 1. The topological polar surface area (TPSA) is 58.6 Å². The quantitative estimate of drug-likeness (QED) is 0.643. The molecule has 1 atom stereocenters. The molecule has 1 fully saturated rings. The second-order valence-electron chi connectivity index (χ2n) is 3.75. The van der Waals surface area contributed by atoms with Gasteiger partial charge in [-0.3, -0.25) is 9.59 Å². The summed E-state index contributed by atoms with van der Waals surface area (Å²) in [4.78, 5) is 24.4. The maximum Gasteiger partial charge on any atom is 0.245 e. The highest BCUT2D eigenvalue weighted by Gasteiger charge is 2.28. The Kier molecular flexibility index (Phi) is 4.55. The van der Waals surface area contributed by atoms with E-state index < -0.39 is 0 Å².